The molecule has 294 valence electrons. The lowest BCUT2D eigenvalue weighted by molar-refractivity contribution is -0.169. The Labute approximate surface area is 307 Å². The molecule has 4 rings (SSSR count). The molecule has 0 amide bonds. The number of hydrogen-bond acceptors (Lipinski definition) is 8. The third-order valence-electron chi connectivity index (χ3n) is 14.7. The van der Waals surface area contributed by atoms with Crippen LogP contribution in [0.25, 0.3) is 0 Å². The number of unbranched alkanes of at least 4 members (excludes halogenated alkanes) is 1. The van der Waals surface area contributed by atoms with Gasteiger partial charge in [-0.3, -0.25) is 4.55 Å². The second-order valence-electron chi connectivity index (χ2n) is 18.3. The first-order valence-electron chi connectivity index (χ1n) is 20.9. The van der Waals surface area contributed by atoms with Gasteiger partial charge in [-0.1, -0.05) is 34.6 Å². The van der Waals surface area contributed by atoms with E-state index in [-0.39, 0.29) is 17.4 Å². The molecule has 0 aliphatic heterocycles. The zero-order valence-electron chi connectivity index (χ0n) is 32.8. The second kappa shape index (κ2) is 19.3. The minimum atomic E-state index is -4.46. The molecule has 50 heavy (non-hydrogen) atoms. The van der Waals surface area contributed by atoms with Gasteiger partial charge >= 0.3 is 10.4 Å². The van der Waals surface area contributed by atoms with Crippen LogP contribution in [0.5, 0.6) is 0 Å². The van der Waals surface area contributed by atoms with Crippen LogP contribution in [-0.4, -0.2) is 75.6 Å². The highest BCUT2D eigenvalue weighted by molar-refractivity contribution is 7.80. The summed E-state index contributed by atoms with van der Waals surface area (Å²) in [5.41, 5.74) is 6.09. The van der Waals surface area contributed by atoms with Crippen molar-refractivity contribution in [2.75, 3.05) is 39.3 Å². The topological polar surface area (TPSA) is 146 Å². The molecule has 12 unspecified atom stereocenters. The fourth-order valence-corrected chi connectivity index (χ4v) is 12.4. The van der Waals surface area contributed by atoms with Gasteiger partial charge in [-0.25, -0.2) is 4.18 Å². The maximum absolute atomic E-state index is 11.9. The van der Waals surface area contributed by atoms with Crippen LogP contribution in [0.15, 0.2) is 0 Å². The molecule has 12 atom stereocenters. The first kappa shape index (κ1) is 42.4. The smallest absolute Gasteiger partial charge is 0.393 e. The van der Waals surface area contributed by atoms with Crippen molar-refractivity contribution in [1.29, 1.82) is 0 Å². The van der Waals surface area contributed by atoms with Crippen molar-refractivity contribution in [2.24, 2.45) is 63.9 Å². The van der Waals surface area contributed by atoms with Gasteiger partial charge in [-0.05, 0) is 201 Å². The summed E-state index contributed by atoms with van der Waals surface area (Å²) in [6.45, 7) is 19.9. The van der Waals surface area contributed by atoms with Crippen LogP contribution in [0.3, 0.4) is 0 Å². The van der Waals surface area contributed by atoms with E-state index in [2.05, 4.69) is 43.6 Å². The Morgan fingerprint density at radius 2 is 1.46 bits per heavy atom. The van der Waals surface area contributed by atoms with E-state index in [1.54, 1.807) is 0 Å². The molecule has 0 radical (unpaired) electrons. The predicted molar refractivity (Wildman–Crippen MR) is 205 cm³/mol. The lowest BCUT2D eigenvalue weighted by Crippen LogP contribution is -2.58. The molecule has 0 aromatic rings. The second-order valence-corrected chi connectivity index (χ2v) is 19.4. The fourth-order valence-electron chi connectivity index (χ4n) is 11.7. The molecule has 0 saturated heterocycles. The van der Waals surface area contributed by atoms with Crippen molar-refractivity contribution in [2.45, 2.75) is 156 Å². The summed E-state index contributed by atoms with van der Waals surface area (Å²) in [5.74, 6) is 3.94. The molecule has 10 heteroatoms. The fraction of sp³-hybridized carbons (Fsp3) is 1.00. The molecule has 0 spiro atoms. The van der Waals surface area contributed by atoms with Gasteiger partial charge in [0.2, 0.25) is 0 Å². The third-order valence-corrected chi connectivity index (χ3v) is 15.2. The molecular formula is C40H78N4O5S. The molecule has 0 bridgehead atoms. The lowest BCUT2D eigenvalue weighted by Gasteiger charge is -2.62. The zero-order valence-corrected chi connectivity index (χ0v) is 33.6. The number of aliphatic hydroxyl groups is 1. The Morgan fingerprint density at radius 3 is 2.12 bits per heavy atom. The van der Waals surface area contributed by atoms with E-state index in [4.69, 9.17) is 9.92 Å². The molecule has 0 heterocycles. The van der Waals surface area contributed by atoms with E-state index in [1.165, 1.54) is 70.6 Å². The van der Waals surface area contributed by atoms with Crippen molar-refractivity contribution < 1.29 is 22.3 Å². The monoisotopic (exact) mass is 727 g/mol. The highest BCUT2D eigenvalue weighted by atomic mass is 32.3. The Balaban J connectivity index is 1.20. The molecule has 4 aliphatic carbocycles. The van der Waals surface area contributed by atoms with E-state index in [0.29, 0.717) is 59.3 Å². The van der Waals surface area contributed by atoms with Crippen molar-refractivity contribution in [3.05, 3.63) is 0 Å². The molecule has 9 nitrogen and oxygen atoms in total. The van der Waals surface area contributed by atoms with Crippen LogP contribution >= 0.6 is 0 Å². The Morgan fingerprint density at radius 1 is 0.820 bits per heavy atom. The number of nitrogens with one attached hydrogen (secondary N) is 3. The summed E-state index contributed by atoms with van der Waals surface area (Å²) in [7, 11) is -4.46. The van der Waals surface area contributed by atoms with E-state index in [1.807, 2.05) is 13.8 Å². The SMILES string of the molecule is CC(CCCNCCCCNCCCN)NCC1CCC2(C)C(C1)CC(O)C1C2CCC2(C)C(C(C)CCC(OS(=O)(=O)O)C(C)C)CCC12. The van der Waals surface area contributed by atoms with Crippen LogP contribution in [0.1, 0.15) is 138 Å². The van der Waals surface area contributed by atoms with Gasteiger partial charge in [0.25, 0.3) is 0 Å². The average Bonchev–Trinajstić information content (AvgIpc) is 3.41. The van der Waals surface area contributed by atoms with Crippen LogP contribution in [-0.2, 0) is 14.6 Å². The van der Waals surface area contributed by atoms with Crippen molar-refractivity contribution in [3.63, 3.8) is 0 Å². The van der Waals surface area contributed by atoms with Gasteiger partial charge in [-0.2, -0.15) is 8.42 Å². The van der Waals surface area contributed by atoms with Crippen molar-refractivity contribution in [3.8, 4) is 0 Å². The van der Waals surface area contributed by atoms with Crippen molar-refractivity contribution >= 4 is 10.4 Å². The first-order chi connectivity index (χ1) is 23.7. The Hall–Kier alpha value is -0.330. The van der Waals surface area contributed by atoms with Gasteiger partial charge in [-0.15, -0.1) is 0 Å². The molecular weight excluding hydrogens is 649 g/mol. The van der Waals surface area contributed by atoms with Gasteiger partial charge in [0.1, 0.15) is 0 Å². The van der Waals surface area contributed by atoms with Gasteiger partial charge in [0.05, 0.1) is 12.2 Å². The third kappa shape index (κ3) is 11.1. The van der Waals surface area contributed by atoms with Crippen LogP contribution in [0.2, 0.25) is 0 Å². The normalized spacial score (nSPS) is 36.1. The largest absolute Gasteiger partial charge is 0.397 e. The minimum Gasteiger partial charge on any atom is -0.393 e. The molecule has 4 saturated carbocycles. The minimum absolute atomic E-state index is 0.0135. The van der Waals surface area contributed by atoms with E-state index in [0.717, 1.165) is 58.5 Å². The zero-order chi connectivity index (χ0) is 36.5. The van der Waals surface area contributed by atoms with E-state index in [9.17, 15) is 18.1 Å². The van der Waals surface area contributed by atoms with Gasteiger partial charge in [0, 0.05) is 6.04 Å². The quantitative estimate of drug-likeness (QED) is 0.0540. The average molecular weight is 727 g/mol. The van der Waals surface area contributed by atoms with Gasteiger partial charge in [0.15, 0.2) is 0 Å². The lowest BCUT2D eigenvalue weighted by atomic mass is 9.43. The predicted octanol–water partition coefficient (Wildman–Crippen LogP) is 6.56. The van der Waals surface area contributed by atoms with Crippen LogP contribution in [0, 0.1) is 58.2 Å². The summed E-state index contributed by atoms with van der Waals surface area (Å²) in [4.78, 5) is 0. The summed E-state index contributed by atoms with van der Waals surface area (Å²) in [6.07, 6.45) is 16.4. The number of rotatable bonds is 22. The van der Waals surface area contributed by atoms with Crippen LogP contribution < -0.4 is 21.7 Å². The number of fused-ring (bicyclic) bond motifs is 5. The summed E-state index contributed by atoms with van der Waals surface area (Å²) < 4.78 is 37.3. The molecule has 7 N–H and O–H groups in total. The summed E-state index contributed by atoms with van der Waals surface area (Å²) in [6, 6.07) is 0.540. The van der Waals surface area contributed by atoms with Gasteiger partial charge < -0.3 is 26.8 Å². The van der Waals surface area contributed by atoms with E-state index < -0.39 is 16.5 Å². The molecule has 0 aromatic carbocycles. The molecule has 4 fully saturated rings. The maximum atomic E-state index is 11.9. The molecule has 4 aliphatic rings. The standard InChI is InChI=1S/C40H78N4O5S/c1-28(2)37(49-50(46,47)48)15-12-29(3)33-13-14-34-38-35(17-19-40(33,34)6)39(5)18-16-31(25-32(39)26-36(38)45)27-44-30(4)11-9-23-42-21-7-8-22-43-24-10-20-41/h28-38,42-45H,7-27,41H2,1-6H3,(H,46,47,48). The molecule has 0 aromatic heterocycles. The van der Waals surface area contributed by atoms with E-state index >= 15 is 0 Å². The van der Waals surface area contributed by atoms with Crippen LogP contribution in [0.4, 0.5) is 0 Å². The Kier molecular flexibility index (Phi) is 16.4. The number of nitrogens with two attached hydrogens (primary N) is 1. The highest BCUT2D eigenvalue weighted by Crippen LogP contribution is 2.68. The summed E-state index contributed by atoms with van der Waals surface area (Å²) in [5, 5.41) is 22.9. The first-order valence-corrected chi connectivity index (χ1v) is 22.2. The number of aliphatic hydroxyl groups excluding tert-OH is 1. The maximum Gasteiger partial charge on any atom is 0.397 e. The Bertz CT molecular complexity index is 1110. The summed E-state index contributed by atoms with van der Waals surface area (Å²) >= 11 is 0. The highest BCUT2D eigenvalue weighted by Gasteiger charge is 2.62. The number of hydrogen-bond donors (Lipinski definition) is 6. The van der Waals surface area contributed by atoms with Crippen molar-refractivity contribution in [1.82, 2.24) is 16.0 Å².